The van der Waals surface area contributed by atoms with Gasteiger partial charge in [0.2, 0.25) is 28.0 Å². The van der Waals surface area contributed by atoms with Crippen molar-refractivity contribution in [3.8, 4) is 5.75 Å². The maximum atomic E-state index is 12.8. The summed E-state index contributed by atoms with van der Waals surface area (Å²) in [6.45, 7) is 3.56. The third-order valence-electron chi connectivity index (χ3n) is 4.27. The van der Waals surface area contributed by atoms with Gasteiger partial charge in [0.05, 0.1) is 5.56 Å². The normalized spacial score (nSPS) is 12.9. The minimum Gasteiger partial charge on any atom is -0.480 e. The summed E-state index contributed by atoms with van der Waals surface area (Å²) in [6, 6.07) is 2.23. The average Bonchev–Trinajstić information content (AvgIpc) is 2.81. The minimum atomic E-state index is -1.32. The first kappa shape index (κ1) is 32.0. The van der Waals surface area contributed by atoms with Gasteiger partial charge in [0, 0.05) is 38.0 Å². The number of thiol groups is 1. The number of carbonyl (C=O) groups is 7. The van der Waals surface area contributed by atoms with E-state index in [0.29, 0.717) is 23.5 Å². The van der Waals surface area contributed by atoms with Gasteiger partial charge < -0.3 is 25.8 Å². The Kier molecular flexibility index (Phi) is 13.8. The predicted octanol–water partition coefficient (Wildman–Crippen LogP) is 0.254. The highest BCUT2D eigenvalue weighted by Crippen LogP contribution is 2.24. The lowest BCUT2D eigenvalue weighted by atomic mass is 10.2. The Labute approximate surface area is 226 Å². The topological polar surface area (TPSA) is 185 Å². The molecular weight excluding hydrogens is 546 g/mol. The fourth-order valence-electron chi connectivity index (χ4n) is 2.67. The number of carbonyl (C=O) groups excluding carboxylic acids is 6. The molecule has 0 radical (unpaired) electrons. The molecule has 0 saturated heterocycles. The van der Waals surface area contributed by atoms with E-state index in [9.17, 15) is 38.7 Å². The lowest BCUT2D eigenvalue weighted by Gasteiger charge is -2.19. The molecule has 3 atom stereocenters. The van der Waals surface area contributed by atoms with E-state index >= 15 is 0 Å². The Hall–Kier alpha value is -3.04. The van der Waals surface area contributed by atoms with E-state index < -0.39 is 58.0 Å². The van der Waals surface area contributed by atoms with E-state index in [1.165, 1.54) is 38.1 Å². The van der Waals surface area contributed by atoms with Gasteiger partial charge in [-0.25, -0.2) is 9.59 Å². The van der Waals surface area contributed by atoms with Crippen LogP contribution in [0.3, 0.4) is 0 Å². The Morgan fingerprint density at radius 2 is 1.35 bits per heavy atom. The summed E-state index contributed by atoms with van der Waals surface area (Å²) < 4.78 is 5.35. The Balaban J connectivity index is 2.96. The standard InChI is InChI=1S/C22H27N3O9S3/c1-11(26)23-15(8-35)22(33)37-10-17(25-13(3)28)20(31)34-18-7-5-4-6-14(18)21(32)36-9-16(19(29)30)24-12(2)27/h4-7,15-17,35H,8-10H2,1-3H3,(H,23,26)(H,24,27)(H,25,28)(H,29,30). The van der Waals surface area contributed by atoms with E-state index in [4.69, 9.17) is 4.74 Å². The van der Waals surface area contributed by atoms with Crippen LogP contribution in [0.15, 0.2) is 24.3 Å². The van der Waals surface area contributed by atoms with Gasteiger partial charge in [-0.15, -0.1) is 0 Å². The molecule has 0 heterocycles. The van der Waals surface area contributed by atoms with Crippen molar-refractivity contribution in [2.45, 2.75) is 38.9 Å². The van der Waals surface area contributed by atoms with Crippen LogP contribution in [0.4, 0.5) is 0 Å². The van der Waals surface area contributed by atoms with Crippen LogP contribution in [-0.4, -0.2) is 80.4 Å². The van der Waals surface area contributed by atoms with Gasteiger partial charge in [0.25, 0.3) is 0 Å². The lowest BCUT2D eigenvalue weighted by molar-refractivity contribution is -0.140. The predicted molar refractivity (Wildman–Crippen MR) is 141 cm³/mol. The highest BCUT2D eigenvalue weighted by molar-refractivity contribution is 8.14. The van der Waals surface area contributed by atoms with Crippen molar-refractivity contribution in [1.29, 1.82) is 0 Å². The minimum absolute atomic E-state index is 0.0263. The maximum absolute atomic E-state index is 12.8. The van der Waals surface area contributed by atoms with Crippen molar-refractivity contribution in [1.82, 2.24) is 16.0 Å². The van der Waals surface area contributed by atoms with Crippen molar-refractivity contribution in [3.05, 3.63) is 29.8 Å². The van der Waals surface area contributed by atoms with Gasteiger partial charge in [0.1, 0.15) is 23.9 Å². The smallest absolute Gasteiger partial charge is 0.334 e. The van der Waals surface area contributed by atoms with Gasteiger partial charge >= 0.3 is 11.9 Å². The summed E-state index contributed by atoms with van der Waals surface area (Å²) in [5, 5.41) is 15.1. The molecule has 0 bridgehead atoms. The molecule has 0 aliphatic rings. The number of aliphatic carboxylic acids is 1. The molecule has 0 saturated carbocycles. The Bertz CT molecular complexity index is 1050. The number of thioether (sulfide) groups is 2. The first-order valence-corrected chi connectivity index (χ1v) is 13.3. The summed E-state index contributed by atoms with van der Waals surface area (Å²) >= 11 is 5.32. The largest absolute Gasteiger partial charge is 0.480 e. The lowest BCUT2D eigenvalue weighted by Crippen LogP contribution is -2.45. The molecule has 0 aliphatic heterocycles. The first-order valence-electron chi connectivity index (χ1n) is 10.6. The summed E-state index contributed by atoms with van der Waals surface area (Å²) in [5.74, 6) is -4.46. The van der Waals surface area contributed by atoms with E-state index in [0.717, 1.165) is 6.92 Å². The second-order valence-electron chi connectivity index (χ2n) is 7.43. The van der Waals surface area contributed by atoms with Gasteiger partial charge in [-0.3, -0.25) is 24.0 Å². The number of nitrogens with one attached hydrogen (secondary N) is 3. The molecule has 15 heteroatoms. The number of esters is 1. The van der Waals surface area contributed by atoms with Crippen molar-refractivity contribution in [2.75, 3.05) is 17.3 Å². The number of carboxylic acid groups (broad SMARTS) is 1. The molecular formula is C22H27N3O9S3. The van der Waals surface area contributed by atoms with Crippen LogP contribution in [0.25, 0.3) is 0 Å². The van der Waals surface area contributed by atoms with Crippen LogP contribution < -0.4 is 20.7 Å². The van der Waals surface area contributed by atoms with Crippen molar-refractivity contribution < 1.29 is 43.4 Å². The van der Waals surface area contributed by atoms with Gasteiger partial charge in [0.15, 0.2) is 0 Å². The van der Waals surface area contributed by atoms with Crippen molar-refractivity contribution >= 4 is 76.0 Å². The SMILES string of the molecule is CC(=O)NC(CSC(=O)c1ccccc1OC(=O)C(CSC(=O)C(CS)NC(C)=O)NC(C)=O)C(=O)O. The number of amides is 3. The molecule has 4 N–H and O–H groups in total. The Morgan fingerprint density at radius 1 is 0.838 bits per heavy atom. The summed E-state index contributed by atoms with van der Waals surface area (Å²) in [4.78, 5) is 83.3. The van der Waals surface area contributed by atoms with E-state index in [1.54, 1.807) is 0 Å². The molecule has 1 aromatic rings. The number of benzene rings is 1. The Morgan fingerprint density at radius 3 is 1.89 bits per heavy atom. The second kappa shape index (κ2) is 15.9. The molecule has 0 fully saturated rings. The van der Waals surface area contributed by atoms with Crippen LogP contribution >= 0.6 is 36.2 Å². The zero-order valence-corrected chi connectivity index (χ0v) is 22.7. The fourth-order valence-corrected chi connectivity index (χ4v) is 4.81. The van der Waals surface area contributed by atoms with E-state index in [1.807, 2.05) is 0 Å². The quantitative estimate of drug-likeness (QED) is 0.124. The molecule has 0 aromatic heterocycles. The van der Waals surface area contributed by atoms with Crippen molar-refractivity contribution in [3.63, 3.8) is 0 Å². The third kappa shape index (κ3) is 11.7. The number of carboxylic acids is 1. The second-order valence-corrected chi connectivity index (χ2v) is 9.81. The van der Waals surface area contributed by atoms with Crippen molar-refractivity contribution in [2.24, 2.45) is 0 Å². The summed E-state index contributed by atoms with van der Waals surface area (Å²) in [7, 11) is 0. The van der Waals surface area contributed by atoms with E-state index in [-0.39, 0.29) is 28.6 Å². The number of rotatable bonds is 13. The van der Waals surface area contributed by atoms with Crippen LogP contribution in [0.1, 0.15) is 31.1 Å². The number of hydrogen-bond donors (Lipinski definition) is 5. The molecule has 37 heavy (non-hydrogen) atoms. The van der Waals surface area contributed by atoms with Gasteiger partial charge in [-0.2, -0.15) is 12.6 Å². The van der Waals surface area contributed by atoms with Crippen LogP contribution in [0.2, 0.25) is 0 Å². The van der Waals surface area contributed by atoms with Gasteiger partial charge in [-0.05, 0) is 12.1 Å². The average molecular weight is 574 g/mol. The first-order chi connectivity index (χ1) is 17.3. The van der Waals surface area contributed by atoms with E-state index in [2.05, 4.69) is 28.6 Å². The fraction of sp³-hybridized carbons (Fsp3) is 0.409. The molecule has 0 aliphatic carbocycles. The molecule has 0 spiro atoms. The van der Waals surface area contributed by atoms with Crippen LogP contribution in [0.5, 0.6) is 5.75 Å². The number of hydrogen-bond acceptors (Lipinski definition) is 11. The zero-order chi connectivity index (χ0) is 28.1. The number of para-hydroxylation sites is 1. The molecule has 3 unspecified atom stereocenters. The summed E-state index contributed by atoms with van der Waals surface area (Å²) in [6.07, 6.45) is 0. The molecule has 3 amide bonds. The highest BCUT2D eigenvalue weighted by atomic mass is 32.2. The number of ether oxygens (including phenoxy) is 1. The molecule has 12 nitrogen and oxygen atoms in total. The summed E-state index contributed by atoms with van der Waals surface area (Å²) in [5.41, 5.74) is -0.0427. The third-order valence-corrected chi connectivity index (χ3v) is 6.69. The van der Waals surface area contributed by atoms with Gasteiger partial charge in [-0.1, -0.05) is 35.7 Å². The monoisotopic (exact) mass is 573 g/mol. The van der Waals surface area contributed by atoms with Crippen LogP contribution in [-0.2, 0) is 28.8 Å². The molecule has 1 aromatic carbocycles. The molecule has 202 valence electrons. The molecule has 1 rings (SSSR count). The maximum Gasteiger partial charge on any atom is 0.334 e. The van der Waals surface area contributed by atoms with Crippen LogP contribution in [0, 0.1) is 0 Å². The zero-order valence-electron chi connectivity index (χ0n) is 20.1. The highest BCUT2D eigenvalue weighted by Gasteiger charge is 2.28.